The Labute approximate surface area is 138 Å². The molecule has 1 aromatic carbocycles. The first kappa shape index (κ1) is 17.0. The molecule has 1 saturated heterocycles. The predicted octanol–water partition coefficient (Wildman–Crippen LogP) is 2.93. The lowest BCUT2D eigenvalue weighted by molar-refractivity contribution is 0.128. The third-order valence-electron chi connectivity index (χ3n) is 3.00. The minimum atomic E-state index is -3.67. The van der Waals surface area contributed by atoms with Gasteiger partial charge in [0.15, 0.2) is 0 Å². The maximum atomic E-state index is 11.5. The number of hydrogen-bond acceptors (Lipinski definition) is 5. The first-order valence-electron chi connectivity index (χ1n) is 6.00. The Kier molecular flexibility index (Phi) is 5.15. The number of methoxy groups -OCH3 is 1. The van der Waals surface area contributed by atoms with Gasteiger partial charge in [-0.3, -0.25) is 4.18 Å². The molecule has 1 aromatic rings. The first-order chi connectivity index (χ1) is 9.74. The topological polar surface area (TPSA) is 61.8 Å². The van der Waals surface area contributed by atoms with Crippen molar-refractivity contribution in [1.29, 1.82) is 0 Å². The summed E-state index contributed by atoms with van der Waals surface area (Å²) < 4.78 is 36.4. The molecular formula is C12H13Cl3O5S. The Morgan fingerprint density at radius 1 is 1.19 bits per heavy atom. The molecule has 0 radical (unpaired) electrons. The lowest BCUT2D eigenvalue weighted by Crippen LogP contribution is -2.56. The number of rotatable bonds is 5. The molecule has 1 heterocycles. The van der Waals surface area contributed by atoms with Gasteiger partial charge in [0, 0.05) is 6.42 Å². The van der Waals surface area contributed by atoms with E-state index in [0.717, 1.165) is 0 Å². The van der Waals surface area contributed by atoms with Gasteiger partial charge in [-0.05, 0) is 24.3 Å². The molecule has 0 saturated carbocycles. The molecule has 0 amide bonds. The van der Waals surface area contributed by atoms with Crippen molar-refractivity contribution in [3.8, 4) is 11.5 Å². The van der Waals surface area contributed by atoms with Crippen LogP contribution >= 0.6 is 34.8 Å². The van der Waals surface area contributed by atoms with Crippen LogP contribution < -0.4 is 9.47 Å². The van der Waals surface area contributed by atoms with Crippen LogP contribution in [0.2, 0.25) is 0 Å². The molecule has 0 aromatic heterocycles. The molecule has 0 N–H and O–H groups in total. The zero-order chi connectivity index (χ0) is 15.7. The third kappa shape index (κ3) is 4.07. The second-order valence-corrected chi connectivity index (χ2v) is 8.55. The van der Waals surface area contributed by atoms with Crippen LogP contribution in [-0.4, -0.2) is 37.3 Å². The molecule has 2 atom stereocenters. The molecule has 0 bridgehead atoms. The lowest BCUT2D eigenvalue weighted by atomic mass is 10.2. The Hall–Kier alpha value is -0.400. The highest BCUT2D eigenvalue weighted by Crippen LogP contribution is 2.44. The highest BCUT2D eigenvalue weighted by molar-refractivity contribution is 7.88. The van der Waals surface area contributed by atoms with Gasteiger partial charge in [0.2, 0.25) is 3.79 Å². The molecular weight excluding hydrogens is 363 g/mol. The third-order valence-corrected chi connectivity index (χ3v) is 5.34. The highest BCUT2D eigenvalue weighted by Gasteiger charge is 2.56. The van der Waals surface area contributed by atoms with Gasteiger partial charge < -0.3 is 9.47 Å². The average Bonchev–Trinajstić information content (AvgIpc) is 2.41. The van der Waals surface area contributed by atoms with Gasteiger partial charge in [-0.1, -0.05) is 34.8 Å². The molecule has 0 unspecified atom stereocenters. The number of alkyl halides is 3. The van der Waals surface area contributed by atoms with Gasteiger partial charge in [-0.25, -0.2) is 0 Å². The number of ether oxygens (including phenoxy) is 2. The van der Waals surface area contributed by atoms with Crippen LogP contribution in [-0.2, 0) is 14.3 Å². The van der Waals surface area contributed by atoms with Crippen molar-refractivity contribution in [1.82, 2.24) is 0 Å². The fourth-order valence-electron chi connectivity index (χ4n) is 1.90. The van der Waals surface area contributed by atoms with Crippen molar-refractivity contribution in [2.75, 3.05) is 13.7 Å². The first-order valence-corrected chi connectivity index (χ1v) is 8.60. The highest BCUT2D eigenvalue weighted by atomic mass is 35.6. The molecule has 2 rings (SSSR count). The van der Waals surface area contributed by atoms with Crippen LogP contribution in [0.5, 0.6) is 11.5 Å². The molecule has 21 heavy (non-hydrogen) atoms. The van der Waals surface area contributed by atoms with E-state index >= 15 is 0 Å². The minimum Gasteiger partial charge on any atom is -0.497 e. The van der Waals surface area contributed by atoms with Crippen molar-refractivity contribution in [3.05, 3.63) is 24.3 Å². The summed E-state index contributed by atoms with van der Waals surface area (Å²) in [6.07, 6.45) is -0.806. The van der Waals surface area contributed by atoms with Crippen LogP contribution in [0.1, 0.15) is 6.42 Å². The van der Waals surface area contributed by atoms with E-state index in [4.69, 9.17) is 44.3 Å². The molecule has 1 aliphatic rings. The Morgan fingerprint density at radius 2 is 1.76 bits per heavy atom. The Balaban J connectivity index is 1.89. The van der Waals surface area contributed by atoms with Gasteiger partial charge >= 0.3 is 0 Å². The zero-order valence-corrected chi connectivity index (χ0v) is 14.0. The van der Waals surface area contributed by atoms with Gasteiger partial charge in [0.05, 0.1) is 13.7 Å². The van der Waals surface area contributed by atoms with Crippen molar-refractivity contribution >= 4 is 44.9 Å². The second kappa shape index (κ2) is 6.38. The monoisotopic (exact) mass is 374 g/mol. The smallest absolute Gasteiger partial charge is 0.273 e. The van der Waals surface area contributed by atoms with Crippen molar-refractivity contribution in [3.63, 3.8) is 0 Å². The van der Waals surface area contributed by atoms with E-state index in [1.165, 1.54) is 0 Å². The van der Waals surface area contributed by atoms with E-state index in [0.29, 0.717) is 11.5 Å². The summed E-state index contributed by atoms with van der Waals surface area (Å²) in [4.78, 5) is 0. The normalized spacial score (nSPS) is 24.2. The maximum Gasteiger partial charge on any atom is 0.273 e. The fraction of sp³-hybridized carbons (Fsp3) is 0.500. The van der Waals surface area contributed by atoms with Gasteiger partial charge in [-0.15, -0.1) is 0 Å². The summed E-state index contributed by atoms with van der Waals surface area (Å²) in [6.45, 7) is 0.164. The van der Waals surface area contributed by atoms with Gasteiger partial charge in [0.1, 0.15) is 22.9 Å². The van der Waals surface area contributed by atoms with Gasteiger partial charge in [-0.2, -0.15) is 8.42 Å². The zero-order valence-electron chi connectivity index (χ0n) is 11.0. The SMILES string of the molecule is COc1ccc(OCC[C@@H]2[C@H](C(Cl)(Cl)Cl)OS2(=O)=O)cc1. The quantitative estimate of drug-likeness (QED) is 0.585. The largest absolute Gasteiger partial charge is 0.497 e. The Bertz CT molecular complexity index is 582. The summed E-state index contributed by atoms with van der Waals surface area (Å²) in [5.74, 6) is 1.30. The molecule has 9 heteroatoms. The molecule has 1 aliphatic heterocycles. The average molecular weight is 376 g/mol. The van der Waals surface area contributed by atoms with E-state index in [9.17, 15) is 8.42 Å². The maximum absolute atomic E-state index is 11.5. The van der Waals surface area contributed by atoms with Crippen LogP contribution in [0.25, 0.3) is 0 Å². The summed E-state index contributed by atoms with van der Waals surface area (Å²) in [5.41, 5.74) is 0. The van der Waals surface area contributed by atoms with E-state index in [1.807, 2.05) is 0 Å². The van der Waals surface area contributed by atoms with Gasteiger partial charge in [0.25, 0.3) is 10.1 Å². The number of benzene rings is 1. The molecule has 0 spiro atoms. The fourth-order valence-corrected chi connectivity index (χ4v) is 4.36. The van der Waals surface area contributed by atoms with E-state index in [1.54, 1.807) is 31.4 Å². The number of halogens is 3. The van der Waals surface area contributed by atoms with E-state index < -0.39 is 25.3 Å². The standard InChI is InChI=1S/C12H13Cl3O5S/c1-18-8-2-4-9(5-3-8)19-7-6-10-11(12(13,14)15)20-21(10,16)17/h2-5,10-11H,6-7H2,1H3/t10-,11-/m1/s1. The van der Waals surface area contributed by atoms with E-state index in [2.05, 4.69) is 4.18 Å². The lowest BCUT2D eigenvalue weighted by Gasteiger charge is -2.39. The molecule has 5 nitrogen and oxygen atoms in total. The molecule has 1 fully saturated rings. The summed E-state index contributed by atoms with van der Waals surface area (Å²) in [5, 5.41) is -0.886. The summed E-state index contributed by atoms with van der Waals surface area (Å²) in [6, 6.07) is 6.92. The van der Waals surface area contributed by atoms with E-state index in [-0.39, 0.29) is 13.0 Å². The van der Waals surface area contributed by atoms with Crippen LogP contribution in [0.4, 0.5) is 0 Å². The van der Waals surface area contributed by atoms with Crippen LogP contribution in [0.3, 0.4) is 0 Å². The number of hydrogen-bond donors (Lipinski definition) is 0. The van der Waals surface area contributed by atoms with Crippen LogP contribution in [0.15, 0.2) is 24.3 Å². The Morgan fingerprint density at radius 3 is 2.24 bits per heavy atom. The van der Waals surface area contributed by atoms with Crippen LogP contribution in [0, 0.1) is 0 Å². The van der Waals surface area contributed by atoms with Crippen molar-refractivity contribution < 1.29 is 22.1 Å². The van der Waals surface area contributed by atoms with Crippen molar-refractivity contribution in [2.45, 2.75) is 21.6 Å². The second-order valence-electron chi connectivity index (χ2n) is 4.40. The molecule has 0 aliphatic carbocycles. The van der Waals surface area contributed by atoms with Crippen molar-refractivity contribution in [2.24, 2.45) is 0 Å². The summed E-state index contributed by atoms with van der Waals surface area (Å²) in [7, 11) is -2.11. The molecule has 118 valence electrons. The summed E-state index contributed by atoms with van der Waals surface area (Å²) >= 11 is 17.0. The minimum absolute atomic E-state index is 0.164. The predicted molar refractivity (Wildman–Crippen MR) is 81.0 cm³/mol.